The van der Waals surface area contributed by atoms with Gasteiger partial charge >= 0.3 is 0 Å². The van der Waals surface area contributed by atoms with Crippen LogP contribution < -0.4 is 5.90 Å². The molecule has 1 unspecified atom stereocenters. The van der Waals surface area contributed by atoms with Crippen molar-refractivity contribution in [2.45, 2.75) is 31.7 Å². The van der Waals surface area contributed by atoms with Gasteiger partial charge < -0.3 is 0 Å². The Bertz CT molecular complexity index is 72.8. The molecule has 0 amide bonds. The summed E-state index contributed by atoms with van der Waals surface area (Å²) in [5.74, 6) is 4.92. The van der Waals surface area contributed by atoms with Crippen LogP contribution in [0.4, 0.5) is 0 Å². The maximum absolute atomic E-state index is 5.66. The Morgan fingerprint density at radius 3 is 2.00 bits per heavy atom. The summed E-state index contributed by atoms with van der Waals surface area (Å²) in [5.41, 5.74) is -0.415. The minimum atomic E-state index is -0.415. The molecule has 0 aromatic carbocycles. The van der Waals surface area contributed by atoms with E-state index >= 15 is 0 Å². The molecule has 0 heterocycles. The first kappa shape index (κ1) is 8.21. The van der Waals surface area contributed by atoms with E-state index in [-0.39, 0.29) is 5.38 Å². The molecular weight excluding hydrogens is 126 g/mol. The second kappa shape index (κ2) is 2.67. The maximum Gasteiger partial charge on any atom is 0.0997 e. The third kappa shape index (κ3) is 1.99. The lowest BCUT2D eigenvalue weighted by Gasteiger charge is -2.23. The third-order valence-corrected chi connectivity index (χ3v) is 1.79. The molecule has 0 saturated carbocycles. The van der Waals surface area contributed by atoms with Crippen LogP contribution in [0.1, 0.15) is 20.8 Å². The van der Waals surface area contributed by atoms with Gasteiger partial charge in [-0.3, -0.25) is 4.84 Å². The van der Waals surface area contributed by atoms with Gasteiger partial charge in [0.2, 0.25) is 0 Å². The standard InChI is InChI=1S/C5H12ClNO/c1-4(6)5(2,3)8-7/h4H,7H2,1-3H3. The summed E-state index contributed by atoms with van der Waals surface area (Å²) in [6, 6.07) is 0. The van der Waals surface area contributed by atoms with Crippen LogP contribution in [-0.2, 0) is 4.84 Å². The normalized spacial score (nSPS) is 16.1. The van der Waals surface area contributed by atoms with Crippen molar-refractivity contribution in [3.8, 4) is 0 Å². The molecule has 0 bridgehead atoms. The second-order valence-corrected chi connectivity index (χ2v) is 2.99. The fraction of sp³-hybridized carbons (Fsp3) is 1.00. The Morgan fingerprint density at radius 1 is 1.62 bits per heavy atom. The Hall–Kier alpha value is 0.210. The van der Waals surface area contributed by atoms with Crippen LogP contribution in [0, 0.1) is 0 Å². The zero-order valence-electron chi connectivity index (χ0n) is 5.44. The summed E-state index contributed by atoms with van der Waals surface area (Å²) in [4.78, 5) is 4.57. The molecule has 0 aliphatic heterocycles. The quantitative estimate of drug-likeness (QED) is 0.460. The maximum atomic E-state index is 5.66. The van der Waals surface area contributed by atoms with Crippen LogP contribution in [-0.4, -0.2) is 11.0 Å². The SMILES string of the molecule is CC(Cl)C(C)(C)ON. The van der Waals surface area contributed by atoms with Gasteiger partial charge in [0.25, 0.3) is 0 Å². The Kier molecular flexibility index (Phi) is 2.74. The van der Waals surface area contributed by atoms with Gasteiger partial charge in [0, 0.05) is 0 Å². The lowest BCUT2D eigenvalue weighted by atomic mass is 10.1. The molecule has 2 nitrogen and oxygen atoms in total. The van der Waals surface area contributed by atoms with Crippen molar-refractivity contribution >= 4 is 11.6 Å². The molecule has 0 aliphatic rings. The fourth-order valence-electron chi connectivity index (χ4n) is 0.0938. The average Bonchev–Trinajstić information content (AvgIpc) is 1.67. The van der Waals surface area contributed by atoms with Gasteiger partial charge in [-0.25, -0.2) is 5.90 Å². The van der Waals surface area contributed by atoms with Gasteiger partial charge in [0.15, 0.2) is 0 Å². The summed E-state index contributed by atoms with van der Waals surface area (Å²) < 4.78 is 0. The number of halogens is 1. The predicted molar refractivity (Wildman–Crippen MR) is 34.7 cm³/mol. The minimum absolute atomic E-state index is 0.0625. The van der Waals surface area contributed by atoms with E-state index in [0.29, 0.717) is 0 Å². The average molecular weight is 138 g/mol. The highest BCUT2D eigenvalue weighted by molar-refractivity contribution is 6.21. The van der Waals surface area contributed by atoms with Crippen LogP contribution in [0.5, 0.6) is 0 Å². The van der Waals surface area contributed by atoms with Gasteiger partial charge in [-0.2, -0.15) is 0 Å². The van der Waals surface area contributed by atoms with Crippen molar-refractivity contribution in [3.05, 3.63) is 0 Å². The largest absolute Gasteiger partial charge is 0.297 e. The fourth-order valence-corrected chi connectivity index (χ4v) is 0.145. The van der Waals surface area contributed by atoms with E-state index in [2.05, 4.69) is 4.84 Å². The zero-order valence-corrected chi connectivity index (χ0v) is 6.20. The van der Waals surface area contributed by atoms with Crippen LogP contribution in [0.3, 0.4) is 0 Å². The highest BCUT2D eigenvalue weighted by atomic mass is 35.5. The predicted octanol–water partition coefficient (Wildman–Crippen LogP) is 1.28. The number of hydrogen-bond acceptors (Lipinski definition) is 2. The van der Waals surface area contributed by atoms with E-state index in [4.69, 9.17) is 17.5 Å². The van der Waals surface area contributed by atoms with Crippen LogP contribution in [0.15, 0.2) is 0 Å². The molecule has 2 N–H and O–H groups in total. The van der Waals surface area contributed by atoms with Gasteiger partial charge in [-0.15, -0.1) is 11.6 Å². The monoisotopic (exact) mass is 137 g/mol. The second-order valence-electron chi connectivity index (χ2n) is 2.34. The summed E-state index contributed by atoms with van der Waals surface area (Å²) in [6.07, 6.45) is 0. The van der Waals surface area contributed by atoms with E-state index in [9.17, 15) is 0 Å². The van der Waals surface area contributed by atoms with Crippen molar-refractivity contribution in [2.24, 2.45) is 5.90 Å². The van der Waals surface area contributed by atoms with Crippen molar-refractivity contribution in [1.82, 2.24) is 0 Å². The highest BCUT2D eigenvalue weighted by Crippen LogP contribution is 2.16. The smallest absolute Gasteiger partial charge is 0.0997 e. The highest BCUT2D eigenvalue weighted by Gasteiger charge is 2.23. The van der Waals surface area contributed by atoms with Gasteiger partial charge in [0.1, 0.15) is 0 Å². The molecule has 0 saturated heterocycles. The van der Waals surface area contributed by atoms with Gasteiger partial charge in [-0.1, -0.05) is 0 Å². The molecule has 0 aromatic rings. The van der Waals surface area contributed by atoms with Crippen LogP contribution >= 0.6 is 11.6 Å². The number of rotatable bonds is 2. The lowest BCUT2D eigenvalue weighted by Crippen LogP contribution is -2.36. The van der Waals surface area contributed by atoms with E-state index in [1.165, 1.54) is 0 Å². The van der Waals surface area contributed by atoms with Crippen molar-refractivity contribution in [1.29, 1.82) is 0 Å². The van der Waals surface area contributed by atoms with E-state index in [0.717, 1.165) is 0 Å². The molecular formula is C5H12ClNO. The molecule has 0 rings (SSSR count). The van der Waals surface area contributed by atoms with Crippen LogP contribution in [0.2, 0.25) is 0 Å². The van der Waals surface area contributed by atoms with E-state index in [1.807, 2.05) is 20.8 Å². The molecule has 0 radical (unpaired) electrons. The topological polar surface area (TPSA) is 35.2 Å². The lowest BCUT2D eigenvalue weighted by molar-refractivity contribution is -0.0188. The van der Waals surface area contributed by atoms with Crippen molar-refractivity contribution < 1.29 is 4.84 Å². The van der Waals surface area contributed by atoms with Gasteiger partial charge in [0.05, 0.1) is 11.0 Å². The van der Waals surface area contributed by atoms with E-state index < -0.39 is 5.60 Å². The Morgan fingerprint density at radius 2 is 2.00 bits per heavy atom. The molecule has 0 fully saturated rings. The molecule has 3 heteroatoms. The molecule has 0 spiro atoms. The first-order valence-corrected chi connectivity index (χ1v) is 2.96. The van der Waals surface area contributed by atoms with E-state index in [1.54, 1.807) is 0 Å². The number of hydrogen-bond donors (Lipinski definition) is 1. The number of nitrogens with two attached hydrogens (primary N) is 1. The summed E-state index contributed by atoms with van der Waals surface area (Å²) >= 11 is 5.66. The summed E-state index contributed by atoms with van der Waals surface area (Å²) in [6.45, 7) is 5.52. The summed E-state index contributed by atoms with van der Waals surface area (Å²) in [7, 11) is 0. The third-order valence-electron chi connectivity index (χ3n) is 1.26. The van der Waals surface area contributed by atoms with Crippen molar-refractivity contribution in [2.75, 3.05) is 0 Å². The molecule has 8 heavy (non-hydrogen) atoms. The molecule has 0 aromatic heterocycles. The molecule has 0 aliphatic carbocycles. The Labute approximate surface area is 54.9 Å². The molecule has 1 atom stereocenters. The van der Waals surface area contributed by atoms with Crippen molar-refractivity contribution in [3.63, 3.8) is 0 Å². The first-order valence-electron chi connectivity index (χ1n) is 2.52. The Balaban J connectivity index is 3.71. The first-order chi connectivity index (χ1) is 3.50. The van der Waals surface area contributed by atoms with Crippen LogP contribution in [0.25, 0.3) is 0 Å². The number of alkyl halides is 1. The van der Waals surface area contributed by atoms with Gasteiger partial charge in [-0.05, 0) is 20.8 Å². The summed E-state index contributed by atoms with van der Waals surface area (Å²) in [5, 5.41) is -0.0625. The minimum Gasteiger partial charge on any atom is -0.297 e. The molecule has 50 valence electrons. The zero-order chi connectivity index (χ0) is 6.78.